The number of hydrogen-bond donors (Lipinski definition) is 0. The number of hydrogen-bond acceptors (Lipinski definition) is 5. The highest BCUT2D eigenvalue weighted by molar-refractivity contribution is 5.77. The minimum atomic E-state index is -0.532. The summed E-state index contributed by atoms with van der Waals surface area (Å²) < 4.78 is 10.5. The second-order valence-corrected chi connectivity index (χ2v) is 5.12. The molecule has 2 aromatic carbocycles. The van der Waals surface area contributed by atoms with Crippen molar-refractivity contribution in [1.29, 1.82) is 0 Å². The predicted molar refractivity (Wildman–Crippen MR) is 88.1 cm³/mol. The molecule has 24 heavy (non-hydrogen) atoms. The SMILES string of the molecule is COc1ccc([N+](=O)[O-])cc1OCC(=O)N(C)Cc1ccccc1. The van der Waals surface area contributed by atoms with E-state index < -0.39 is 4.92 Å². The number of nitro groups is 1. The summed E-state index contributed by atoms with van der Waals surface area (Å²) >= 11 is 0. The molecule has 0 aliphatic rings. The van der Waals surface area contributed by atoms with Gasteiger partial charge in [0.2, 0.25) is 0 Å². The molecule has 0 heterocycles. The molecular formula is C17H18N2O5. The van der Waals surface area contributed by atoms with Gasteiger partial charge in [0.05, 0.1) is 18.1 Å². The molecule has 7 nitrogen and oxygen atoms in total. The van der Waals surface area contributed by atoms with Crippen LogP contribution in [-0.4, -0.2) is 36.5 Å². The van der Waals surface area contributed by atoms with Crippen LogP contribution in [-0.2, 0) is 11.3 Å². The summed E-state index contributed by atoms with van der Waals surface area (Å²) in [6.45, 7) is 0.218. The number of rotatable bonds is 7. The van der Waals surface area contributed by atoms with Crippen molar-refractivity contribution in [2.24, 2.45) is 0 Å². The van der Waals surface area contributed by atoms with Crippen LogP contribution in [0.3, 0.4) is 0 Å². The first-order valence-corrected chi connectivity index (χ1v) is 7.24. The molecule has 0 aliphatic heterocycles. The lowest BCUT2D eigenvalue weighted by atomic mass is 10.2. The Balaban J connectivity index is 2.00. The number of benzene rings is 2. The Morgan fingerprint density at radius 3 is 2.50 bits per heavy atom. The first-order valence-electron chi connectivity index (χ1n) is 7.24. The highest BCUT2D eigenvalue weighted by atomic mass is 16.6. The van der Waals surface area contributed by atoms with Gasteiger partial charge < -0.3 is 14.4 Å². The van der Waals surface area contributed by atoms with Crippen LogP contribution >= 0.6 is 0 Å². The number of nitrogens with zero attached hydrogens (tertiary/aromatic N) is 2. The fourth-order valence-electron chi connectivity index (χ4n) is 2.09. The highest BCUT2D eigenvalue weighted by Gasteiger charge is 2.15. The topological polar surface area (TPSA) is 81.9 Å². The van der Waals surface area contributed by atoms with Gasteiger partial charge in [-0.05, 0) is 11.6 Å². The van der Waals surface area contributed by atoms with Gasteiger partial charge in [0.1, 0.15) is 0 Å². The summed E-state index contributed by atoms with van der Waals surface area (Å²) in [5.41, 5.74) is 0.872. The monoisotopic (exact) mass is 330 g/mol. The van der Waals surface area contributed by atoms with Crippen LogP contribution in [0.5, 0.6) is 11.5 Å². The van der Waals surface area contributed by atoms with Gasteiger partial charge in [0.15, 0.2) is 18.1 Å². The Hall–Kier alpha value is -3.09. The van der Waals surface area contributed by atoms with Crippen molar-refractivity contribution in [3.8, 4) is 11.5 Å². The fraction of sp³-hybridized carbons (Fsp3) is 0.235. The third kappa shape index (κ3) is 4.45. The molecule has 7 heteroatoms. The van der Waals surface area contributed by atoms with Crippen molar-refractivity contribution < 1.29 is 19.2 Å². The van der Waals surface area contributed by atoms with E-state index in [1.54, 1.807) is 7.05 Å². The Morgan fingerprint density at radius 1 is 1.17 bits per heavy atom. The molecule has 0 unspecified atom stereocenters. The van der Waals surface area contributed by atoms with Crippen LogP contribution in [0.4, 0.5) is 5.69 Å². The van der Waals surface area contributed by atoms with Crippen molar-refractivity contribution in [3.63, 3.8) is 0 Å². The molecule has 0 aliphatic carbocycles. The number of amides is 1. The zero-order valence-corrected chi connectivity index (χ0v) is 13.5. The molecule has 126 valence electrons. The molecule has 0 atom stereocenters. The third-order valence-electron chi connectivity index (χ3n) is 3.40. The smallest absolute Gasteiger partial charge is 0.273 e. The Kier molecular flexibility index (Phi) is 5.73. The number of ether oxygens (including phenoxy) is 2. The largest absolute Gasteiger partial charge is 0.493 e. The van der Waals surface area contributed by atoms with Gasteiger partial charge in [-0.15, -0.1) is 0 Å². The fourth-order valence-corrected chi connectivity index (χ4v) is 2.09. The lowest BCUT2D eigenvalue weighted by Crippen LogP contribution is -2.31. The van der Waals surface area contributed by atoms with E-state index in [4.69, 9.17) is 9.47 Å². The maximum absolute atomic E-state index is 12.2. The standard InChI is InChI=1S/C17H18N2O5/c1-18(11-13-6-4-3-5-7-13)17(20)12-24-16-10-14(19(21)22)8-9-15(16)23-2/h3-10H,11-12H2,1-2H3. The molecule has 0 radical (unpaired) electrons. The number of carbonyl (C=O) groups excluding carboxylic acids is 1. The maximum Gasteiger partial charge on any atom is 0.273 e. The Bertz CT molecular complexity index is 718. The van der Waals surface area contributed by atoms with Crippen LogP contribution in [0.2, 0.25) is 0 Å². The molecule has 0 spiro atoms. The van der Waals surface area contributed by atoms with Gasteiger partial charge in [-0.1, -0.05) is 30.3 Å². The van der Waals surface area contributed by atoms with Gasteiger partial charge in [0, 0.05) is 19.7 Å². The van der Waals surface area contributed by atoms with Gasteiger partial charge in [-0.3, -0.25) is 14.9 Å². The first-order chi connectivity index (χ1) is 11.5. The second-order valence-electron chi connectivity index (χ2n) is 5.12. The number of methoxy groups -OCH3 is 1. The van der Waals surface area contributed by atoms with Crippen molar-refractivity contribution in [2.45, 2.75) is 6.54 Å². The van der Waals surface area contributed by atoms with E-state index in [2.05, 4.69) is 0 Å². The predicted octanol–water partition coefficient (Wildman–Crippen LogP) is 2.64. The molecule has 2 rings (SSSR count). The molecular weight excluding hydrogens is 312 g/mol. The summed E-state index contributed by atoms with van der Waals surface area (Å²) in [7, 11) is 3.10. The minimum Gasteiger partial charge on any atom is -0.493 e. The normalized spacial score (nSPS) is 10.1. The number of likely N-dealkylation sites (N-methyl/N-ethyl adjacent to an activating group) is 1. The van der Waals surface area contributed by atoms with Crippen LogP contribution in [0.25, 0.3) is 0 Å². The summed E-state index contributed by atoms with van der Waals surface area (Å²) in [4.78, 5) is 24.0. The Morgan fingerprint density at radius 2 is 1.88 bits per heavy atom. The maximum atomic E-state index is 12.2. The molecule has 1 amide bonds. The van der Waals surface area contributed by atoms with E-state index in [9.17, 15) is 14.9 Å². The van der Waals surface area contributed by atoms with Crippen LogP contribution < -0.4 is 9.47 Å². The lowest BCUT2D eigenvalue weighted by Gasteiger charge is -2.18. The van der Waals surface area contributed by atoms with E-state index in [-0.39, 0.29) is 24.0 Å². The van der Waals surface area contributed by atoms with Crippen molar-refractivity contribution in [2.75, 3.05) is 20.8 Å². The summed E-state index contributed by atoms with van der Waals surface area (Å²) in [5.74, 6) is 0.250. The van der Waals surface area contributed by atoms with Crippen LogP contribution in [0, 0.1) is 10.1 Å². The van der Waals surface area contributed by atoms with Crippen molar-refractivity contribution in [1.82, 2.24) is 4.90 Å². The molecule has 0 fully saturated rings. The summed E-state index contributed by atoms with van der Waals surface area (Å²) in [6, 6.07) is 13.5. The minimum absolute atomic E-state index is 0.129. The molecule has 0 saturated heterocycles. The lowest BCUT2D eigenvalue weighted by molar-refractivity contribution is -0.385. The summed E-state index contributed by atoms with van der Waals surface area (Å²) in [6.07, 6.45) is 0. The van der Waals surface area contributed by atoms with E-state index in [1.807, 2.05) is 30.3 Å². The van der Waals surface area contributed by atoms with E-state index >= 15 is 0 Å². The van der Waals surface area contributed by atoms with Crippen LogP contribution in [0.1, 0.15) is 5.56 Å². The third-order valence-corrected chi connectivity index (χ3v) is 3.40. The first kappa shape index (κ1) is 17.3. The van der Waals surface area contributed by atoms with Gasteiger partial charge in [0.25, 0.3) is 11.6 Å². The van der Waals surface area contributed by atoms with E-state index in [0.717, 1.165) is 5.56 Å². The molecule has 0 N–H and O–H groups in total. The number of carbonyl (C=O) groups is 1. The second kappa shape index (κ2) is 7.96. The van der Waals surface area contributed by atoms with Gasteiger partial charge in [-0.2, -0.15) is 0 Å². The quantitative estimate of drug-likeness (QED) is 0.576. The van der Waals surface area contributed by atoms with E-state index in [1.165, 1.54) is 30.2 Å². The average molecular weight is 330 g/mol. The Labute approximate surface area is 139 Å². The van der Waals surface area contributed by atoms with Crippen molar-refractivity contribution in [3.05, 3.63) is 64.2 Å². The average Bonchev–Trinajstić information content (AvgIpc) is 2.60. The van der Waals surface area contributed by atoms with Gasteiger partial charge >= 0.3 is 0 Å². The van der Waals surface area contributed by atoms with Crippen LogP contribution in [0.15, 0.2) is 48.5 Å². The molecule has 0 saturated carbocycles. The number of non-ortho nitro benzene ring substituents is 1. The van der Waals surface area contributed by atoms with E-state index in [0.29, 0.717) is 12.3 Å². The summed E-state index contributed by atoms with van der Waals surface area (Å²) in [5, 5.41) is 10.8. The molecule has 2 aromatic rings. The molecule has 0 aromatic heterocycles. The molecule has 0 bridgehead atoms. The zero-order valence-electron chi connectivity index (χ0n) is 13.5. The van der Waals surface area contributed by atoms with Gasteiger partial charge in [-0.25, -0.2) is 0 Å². The van der Waals surface area contributed by atoms with Crippen molar-refractivity contribution >= 4 is 11.6 Å². The highest BCUT2D eigenvalue weighted by Crippen LogP contribution is 2.31. The zero-order chi connectivity index (χ0) is 17.5. The number of nitro benzene ring substituents is 1.